The Balaban J connectivity index is 2.59. The van der Waals surface area contributed by atoms with Crippen LogP contribution in [0.1, 0.15) is 56.5 Å². The predicted octanol–water partition coefficient (Wildman–Crippen LogP) is 3.08. The normalized spacial score (nSPS) is 24.1. The Bertz CT molecular complexity index is 437. The van der Waals surface area contributed by atoms with Crippen LogP contribution in [0.2, 0.25) is 0 Å². The van der Waals surface area contributed by atoms with E-state index in [0.29, 0.717) is 30.9 Å². The minimum atomic E-state index is -4.37. The van der Waals surface area contributed by atoms with E-state index in [1.54, 1.807) is 4.57 Å². The molecule has 102 valence electrons. The maximum Gasteiger partial charge on any atom is 0.435 e. The van der Waals surface area contributed by atoms with Crippen molar-refractivity contribution in [1.82, 2.24) is 14.9 Å². The number of fused-ring (bicyclic) bond motifs is 1. The highest BCUT2D eigenvalue weighted by Crippen LogP contribution is 2.36. The van der Waals surface area contributed by atoms with Crippen LogP contribution in [0.4, 0.5) is 13.2 Å². The van der Waals surface area contributed by atoms with Gasteiger partial charge in [-0.3, -0.25) is 0 Å². The Hall–Kier alpha value is -1.04. The SMILES string of the molecule is CCCc1c(C(F)(F)F)nc2n1[C@@H](C)CN[C@H]2C. The number of aromatic nitrogens is 2. The first-order chi connectivity index (χ1) is 8.36. The van der Waals surface area contributed by atoms with E-state index in [1.165, 1.54) is 0 Å². The summed E-state index contributed by atoms with van der Waals surface area (Å²) >= 11 is 0. The number of alkyl halides is 3. The molecule has 1 aromatic heterocycles. The van der Waals surface area contributed by atoms with Crippen LogP contribution in [-0.2, 0) is 12.6 Å². The number of hydrogen-bond acceptors (Lipinski definition) is 2. The van der Waals surface area contributed by atoms with E-state index in [1.807, 2.05) is 20.8 Å². The number of halogens is 3. The molecule has 3 nitrogen and oxygen atoms in total. The zero-order chi connectivity index (χ0) is 13.5. The Labute approximate surface area is 104 Å². The molecule has 0 bridgehead atoms. The fraction of sp³-hybridized carbons (Fsp3) is 0.750. The first-order valence-electron chi connectivity index (χ1n) is 6.27. The third-order valence-electron chi connectivity index (χ3n) is 3.34. The van der Waals surface area contributed by atoms with Gasteiger partial charge in [-0.15, -0.1) is 0 Å². The molecule has 2 rings (SSSR count). The predicted molar refractivity (Wildman–Crippen MR) is 62.4 cm³/mol. The second kappa shape index (κ2) is 4.57. The molecular formula is C12H18F3N3. The first-order valence-corrected chi connectivity index (χ1v) is 6.27. The zero-order valence-corrected chi connectivity index (χ0v) is 10.8. The van der Waals surface area contributed by atoms with Gasteiger partial charge in [-0.2, -0.15) is 13.2 Å². The molecule has 1 aliphatic heterocycles. The van der Waals surface area contributed by atoms with Gasteiger partial charge >= 0.3 is 6.18 Å². The zero-order valence-electron chi connectivity index (χ0n) is 10.8. The smallest absolute Gasteiger partial charge is 0.326 e. The topological polar surface area (TPSA) is 29.9 Å². The van der Waals surface area contributed by atoms with Gasteiger partial charge in [-0.1, -0.05) is 13.3 Å². The lowest BCUT2D eigenvalue weighted by atomic mass is 10.1. The fourth-order valence-electron chi connectivity index (χ4n) is 2.52. The van der Waals surface area contributed by atoms with Crippen molar-refractivity contribution >= 4 is 0 Å². The summed E-state index contributed by atoms with van der Waals surface area (Å²) in [7, 11) is 0. The van der Waals surface area contributed by atoms with Crippen LogP contribution in [0.15, 0.2) is 0 Å². The molecule has 6 heteroatoms. The van der Waals surface area contributed by atoms with Crippen LogP contribution < -0.4 is 5.32 Å². The highest BCUT2D eigenvalue weighted by molar-refractivity contribution is 5.24. The Kier molecular flexibility index (Phi) is 3.40. The van der Waals surface area contributed by atoms with Gasteiger partial charge < -0.3 is 9.88 Å². The monoisotopic (exact) mass is 261 g/mol. The van der Waals surface area contributed by atoms with Gasteiger partial charge in [0, 0.05) is 12.6 Å². The summed E-state index contributed by atoms with van der Waals surface area (Å²) in [4.78, 5) is 3.85. The summed E-state index contributed by atoms with van der Waals surface area (Å²) in [5.41, 5.74) is -0.373. The lowest BCUT2D eigenvalue weighted by Crippen LogP contribution is -2.35. The largest absolute Gasteiger partial charge is 0.435 e. The molecule has 1 N–H and O–H groups in total. The molecule has 0 saturated heterocycles. The van der Waals surface area contributed by atoms with Crippen molar-refractivity contribution in [2.75, 3.05) is 6.54 Å². The van der Waals surface area contributed by atoms with Crippen molar-refractivity contribution in [2.24, 2.45) is 0 Å². The Morgan fingerprint density at radius 3 is 2.61 bits per heavy atom. The maximum atomic E-state index is 13.0. The number of hydrogen-bond donors (Lipinski definition) is 1. The minimum Gasteiger partial charge on any atom is -0.326 e. The van der Waals surface area contributed by atoms with Crippen molar-refractivity contribution < 1.29 is 13.2 Å². The van der Waals surface area contributed by atoms with Crippen LogP contribution in [0, 0.1) is 0 Å². The van der Waals surface area contributed by atoms with E-state index >= 15 is 0 Å². The van der Waals surface area contributed by atoms with E-state index in [9.17, 15) is 13.2 Å². The fourth-order valence-corrected chi connectivity index (χ4v) is 2.52. The Morgan fingerprint density at radius 1 is 1.39 bits per heavy atom. The first kappa shape index (κ1) is 13.4. The lowest BCUT2D eigenvalue weighted by Gasteiger charge is -2.29. The average Bonchev–Trinajstić information content (AvgIpc) is 2.65. The van der Waals surface area contributed by atoms with Gasteiger partial charge in [0.15, 0.2) is 5.69 Å². The van der Waals surface area contributed by atoms with Crippen LogP contribution in [-0.4, -0.2) is 16.1 Å². The molecule has 0 fully saturated rings. The van der Waals surface area contributed by atoms with Gasteiger partial charge in [0.1, 0.15) is 5.82 Å². The molecule has 0 unspecified atom stereocenters. The molecule has 0 saturated carbocycles. The summed E-state index contributed by atoms with van der Waals surface area (Å²) < 4.78 is 40.8. The summed E-state index contributed by atoms with van der Waals surface area (Å²) in [5, 5.41) is 3.17. The summed E-state index contributed by atoms with van der Waals surface area (Å²) in [5.74, 6) is 0.504. The van der Waals surface area contributed by atoms with Crippen LogP contribution in [0.3, 0.4) is 0 Å². The molecule has 0 amide bonds. The van der Waals surface area contributed by atoms with Gasteiger partial charge in [0.05, 0.1) is 11.7 Å². The van der Waals surface area contributed by atoms with E-state index in [4.69, 9.17) is 0 Å². The molecule has 2 atom stereocenters. The van der Waals surface area contributed by atoms with Crippen LogP contribution >= 0.6 is 0 Å². The lowest BCUT2D eigenvalue weighted by molar-refractivity contribution is -0.141. The third kappa shape index (κ3) is 2.13. The van der Waals surface area contributed by atoms with Crippen LogP contribution in [0.5, 0.6) is 0 Å². The van der Waals surface area contributed by atoms with E-state index in [0.717, 1.165) is 0 Å². The number of nitrogens with one attached hydrogen (secondary N) is 1. The molecule has 1 aromatic rings. The standard InChI is InChI=1S/C12H18F3N3/c1-4-5-9-10(12(13,14)15)17-11-8(3)16-6-7(2)18(9)11/h7-8,16H,4-6H2,1-3H3/t7-,8-/m0/s1. The van der Waals surface area contributed by atoms with Crippen LogP contribution in [0.25, 0.3) is 0 Å². The van der Waals surface area contributed by atoms with E-state index < -0.39 is 11.9 Å². The number of nitrogens with zero attached hydrogens (tertiary/aromatic N) is 2. The summed E-state index contributed by atoms with van der Waals surface area (Å²) in [6.07, 6.45) is -3.27. The molecular weight excluding hydrogens is 243 g/mol. The molecule has 2 heterocycles. The van der Waals surface area contributed by atoms with Gasteiger partial charge in [0.25, 0.3) is 0 Å². The van der Waals surface area contributed by atoms with E-state index in [2.05, 4.69) is 10.3 Å². The van der Waals surface area contributed by atoms with Crippen molar-refractivity contribution in [3.05, 3.63) is 17.2 Å². The molecule has 0 aromatic carbocycles. The van der Waals surface area contributed by atoms with Crippen molar-refractivity contribution in [2.45, 2.75) is 51.9 Å². The van der Waals surface area contributed by atoms with Gasteiger partial charge in [-0.05, 0) is 20.3 Å². The second-order valence-electron chi connectivity index (χ2n) is 4.86. The molecule has 0 radical (unpaired) electrons. The molecule has 0 spiro atoms. The molecule has 18 heavy (non-hydrogen) atoms. The van der Waals surface area contributed by atoms with Gasteiger partial charge in [0.2, 0.25) is 0 Å². The third-order valence-corrected chi connectivity index (χ3v) is 3.34. The summed E-state index contributed by atoms with van der Waals surface area (Å²) in [6.45, 7) is 6.33. The van der Waals surface area contributed by atoms with Crippen molar-refractivity contribution in [3.8, 4) is 0 Å². The Morgan fingerprint density at radius 2 is 2.06 bits per heavy atom. The molecule has 0 aliphatic carbocycles. The highest BCUT2D eigenvalue weighted by Gasteiger charge is 2.40. The number of rotatable bonds is 2. The van der Waals surface area contributed by atoms with Crippen molar-refractivity contribution in [3.63, 3.8) is 0 Å². The maximum absolute atomic E-state index is 13.0. The molecule has 1 aliphatic rings. The number of imidazole rings is 1. The van der Waals surface area contributed by atoms with Crippen molar-refractivity contribution in [1.29, 1.82) is 0 Å². The highest BCUT2D eigenvalue weighted by atomic mass is 19.4. The quantitative estimate of drug-likeness (QED) is 0.886. The second-order valence-corrected chi connectivity index (χ2v) is 4.86. The summed E-state index contributed by atoms with van der Waals surface area (Å²) in [6, 6.07) is -0.116. The minimum absolute atomic E-state index is 0.0151. The average molecular weight is 261 g/mol. The van der Waals surface area contributed by atoms with Gasteiger partial charge in [-0.25, -0.2) is 4.98 Å². The van der Waals surface area contributed by atoms with E-state index in [-0.39, 0.29) is 12.1 Å².